The zero-order chi connectivity index (χ0) is 12.8. The number of furan rings is 1. The lowest BCUT2D eigenvalue weighted by Gasteiger charge is -2.06. The second-order valence-electron chi connectivity index (χ2n) is 3.74. The number of hydrogen-bond donors (Lipinski definition) is 2. The van der Waals surface area contributed by atoms with E-state index in [1.54, 1.807) is 18.0 Å². The first-order valence-electron chi connectivity index (χ1n) is 5.81. The summed E-state index contributed by atoms with van der Waals surface area (Å²) < 4.78 is 5.27. The first-order chi connectivity index (χ1) is 8.78. The van der Waals surface area contributed by atoms with Crippen LogP contribution < -0.4 is 11.1 Å². The molecule has 0 unspecified atom stereocenters. The molecule has 0 saturated heterocycles. The van der Waals surface area contributed by atoms with Crippen LogP contribution in [0, 0.1) is 0 Å². The van der Waals surface area contributed by atoms with Gasteiger partial charge in [0.2, 0.25) is 5.95 Å². The molecule has 18 heavy (non-hydrogen) atoms. The van der Waals surface area contributed by atoms with Gasteiger partial charge in [0.1, 0.15) is 16.6 Å². The molecular formula is C12H16N4OS. The van der Waals surface area contributed by atoms with Gasteiger partial charge in [-0.05, 0) is 18.6 Å². The van der Waals surface area contributed by atoms with Crippen LogP contribution >= 0.6 is 11.8 Å². The predicted molar refractivity (Wildman–Crippen MR) is 73.5 cm³/mol. The smallest absolute Gasteiger partial charge is 0.223 e. The Labute approximate surface area is 110 Å². The summed E-state index contributed by atoms with van der Waals surface area (Å²) in [6.45, 7) is 2.98. The molecule has 6 heteroatoms. The molecule has 5 nitrogen and oxygen atoms in total. The van der Waals surface area contributed by atoms with E-state index in [0.29, 0.717) is 0 Å². The van der Waals surface area contributed by atoms with Gasteiger partial charge < -0.3 is 15.5 Å². The van der Waals surface area contributed by atoms with Crippen molar-refractivity contribution in [2.45, 2.75) is 24.1 Å². The minimum atomic E-state index is 0.290. The number of anilines is 2. The third-order valence-electron chi connectivity index (χ3n) is 2.22. The Kier molecular flexibility index (Phi) is 4.46. The molecule has 2 aromatic rings. The van der Waals surface area contributed by atoms with Gasteiger partial charge in [0, 0.05) is 12.6 Å². The number of aromatic nitrogens is 2. The topological polar surface area (TPSA) is 77.0 Å². The van der Waals surface area contributed by atoms with E-state index < -0.39 is 0 Å². The number of thioether (sulfide) groups is 1. The quantitative estimate of drug-likeness (QED) is 0.617. The molecule has 0 saturated carbocycles. The molecule has 0 atom stereocenters. The van der Waals surface area contributed by atoms with Gasteiger partial charge >= 0.3 is 0 Å². The lowest BCUT2D eigenvalue weighted by Crippen LogP contribution is -2.05. The van der Waals surface area contributed by atoms with Crippen LogP contribution in [0.5, 0.6) is 0 Å². The largest absolute Gasteiger partial charge is 0.468 e. The van der Waals surface area contributed by atoms with E-state index in [-0.39, 0.29) is 5.95 Å². The van der Waals surface area contributed by atoms with Crippen LogP contribution in [0.1, 0.15) is 19.1 Å². The fourth-order valence-corrected chi connectivity index (χ4v) is 2.21. The van der Waals surface area contributed by atoms with Crippen molar-refractivity contribution in [3.05, 3.63) is 30.2 Å². The normalized spacial score (nSPS) is 10.5. The lowest BCUT2D eigenvalue weighted by atomic mass is 10.4. The molecule has 0 amide bonds. The number of nitrogens with zero attached hydrogens (tertiary/aromatic N) is 2. The van der Waals surface area contributed by atoms with Crippen molar-refractivity contribution in [1.29, 1.82) is 0 Å². The van der Waals surface area contributed by atoms with Crippen LogP contribution in [0.2, 0.25) is 0 Å². The Morgan fingerprint density at radius 3 is 3.06 bits per heavy atom. The Morgan fingerprint density at radius 2 is 2.33 bits per heavy atom. The molecule has 0 fully saturated rings. The molecule has 96 valence electrons. The zero-order valence-corrected chi connectivity index (χ0v) is 11.0. The molecule has 2 heterocycles. The van der Waals surface area contributed by atoms with Gasteiger partial charge in [-0.1, -0.05) is 18.7 Å². The highest BCUT2D eigenvalue weighted by Crippen LogP contribution is 2.23. The SMILES string of the molecule is CCCNc1cc(SCc2ccco2)nc(N)n1. The van der Waals surface area contributed by atoms with Gasteiger partial charge in [-0.3, -0.25) is 0 Å². The van der Waals surface area contributed by atoms with Crippen LogP contribution in [0.4, 0.5) is 11.8 Å². The van der Waals surface area contributed by atoms with Crippen molar-refractivity contribution in [1.82, 2.24) is 9.97 Å². The molecule has 0 radical (unpaired) electrons. The Morgan fingerprint density at radius 1 is 1.44 bits per heavy atom. The predicted octanol–water partition coefficient (Wildman–Crippen LogP) is 2.77. The summed E-state index contributed by atoms with van der Waals surface area (Å²) in [7, 11) is 0. The van der Waals surface area contributed by atoms with E-state index in [4.69, 9.17) is 10.2 Å². The standard InChI is InChI=1S/C12H16N4OS/c1-2-5-14-10-7-11(16-12(13)15-10)18-8-9-4-3-6-17-9/h3-4,6-7H,2,5,8H2,1H3,(H3,13,14,15,16). The van der Waals surface area contributed by atoms with Crippen LogP contribution in [0.25, 0.3) is 0 Å². The summed E-state index contributed by atoms with van der Waals surface area (Å²) in [5.41, 5.74) is 5.68. The van der Waals surface area contributed by atoms with Crippen molar-refractivity contribution < 1.29 is 4.42 Å². The first kappa shape index (κ1) is 12.8. The van der Waals surface area contributed by atoms with Crippen LogP contribution in [-0.2, 0) is 5.75 Å². The van der Waals surface area contributed by atoms with E-state index in [1.165, 1.54) is 0 Å². The Bertz CT molecular complexity index is 487. The summed E-state index contributed by atoms with van der Waals surface area (Å²) in [5, 5.41) is 4.05. The fraction of sp³-hybridized carbons (Fsp3) is 0.333. The Hall–Kier alpha value is -1.69. The molecule has 2 rings (SSSR count). The highest BCUT2D eigenvalue weighted by Gasteiger charge is 2.04. The summed E-state index contributed by atoms with van der Waals surface area (Å²) in [4.78, 5) is 8.32. The van der Waals surface area contributed by atoms with E-state index in [0.717, 1.165) is 35.3 Å². The summed E-state index contributed by atoms with van der Waals surface area (Å²) in [5.74, 6) is 2.71. The average molecular weight is 264 g/mol. The van der Waals surface area contributed by atoms with E-state index in [9.17, 15) is 0 Å². The number of nitrogens with two attached hydrogens (primary N) is 1. The lowest BCUT2D eigenvalue weighted by molar-refractivity contribution is 0.530. The van der Waals surface area contributed by atoms with E-state index >= 15 is 0 Å². The summed E-state index contributed by atoms with van der Waals surface area (Å²) >= 11 is 1.58. The van der Waals surface area contributed by atoms with Crippen LogP contribution in [0.3, 0.4) is 0 Å². The maximum atomic E-state index is 5.68. The van der Waals surface area contributed by atoms with E-state index in [2.05, 4.69) is 22.2 Å². The zero-order valence-electron chi connectivity index (χ0n) is 10.2. The number of nitrogen functional groups attached to an aromatic ring is 1. The second kappa shape index (κ2) is 6.30. The van der Waals surface area contributed by atoms with Crippen molar-refractivity contribution in [3.8, 4) is 0 Å². The molecule has 0 aliphatic carbocycles. The first-order valence-corrected chi connectivity index (χ1v) is 6.80. The van der Waals surface area contributed by atoms with Crippen molar-refractivity contribution >= 4 is 23.5 Å². The van der Waals surface area contributed by atoms with Gasteiger partial charge in [-0.15, -0.1) is 0 Å². The number of nitrogens with one attached hydrogen (secondary N) is 1. The molecule has 0 aromatic carbocycles. The monoisotopic (exact) mass is 264 g/mol. The minimum Gasteiger partial charge on any atom is -0.468 e. The van der Waals surface area contributed by atoms with E-state index in [1.807, 2.05) is 18.2 Å². The highest BCUT2D eigenvalue weighted by molar-refractivity contribution is 7.98. The molecule has 0 aliphatic rings. The highest BCUT2D eigenvalue weighted by atomic mass is 32.2. The van der Waals surface area contributed by atoms with Gasteiger partial charge in [0.05, 0.1) is 12.0 Å². The summed E-state index contributed by atoms with van der Waals surface area (Å²) in [6.07, 6.45) is 2.71. The molecule has 2 aromatic heterocycles. The van der Waals surface area contributed by atoms with Crippen molar-refractivity contribution in [2.24, 2.45) is 0 Å². The average Bonchev–Trinajstić information content (AvgIpc) is 2.86. The second-order valence-corrected chi connectivity index (χ2v) is 4.74. The number of hydrogen-bond acceptors (Lipinski definition) is 6. The van der Waals surface area contributed by atoms with Crippen LogP contribution in [0.15, 0.2) is 33.9 Å². The third kappa shape index (κ3) is 3.66. The van der Waals surface area contributed by atoms with Crippen LogP contribution in [-0.4, -0.2) is 16.5 Å². The fourth-order valence-electron chi connectivity index (χ4n) is 1.40. The van der Waals surface area contributed by atoms with Gasteiger partial charge in [0.15, 0.2) is 0 Å². The van der Waals surface area contributed by atoms with Gasteiger partial charge in [-0.2, -0.15) is 4.98 Å². The summed E-state index contributed by atoms with van der Waals surface area (Å²) in [6, 6.07) is 5.71. The third-order valence-corrected chi connectivity index (χ3v) is 3.15. The minimum absolute atomic E-state index is 0.290. The maximum Gasteiger partial charge on any atom is 0.223 e. The molecule has 0 bridgehead atoms. The molecule has 0 aliphatic heterocycles. The maximum absolute atomic E-state index is 5.68. The van der Waals surface area contributed by atoms with Crippen molar-refractivity contribution in [3.63, 3.8) is 0 Å². The molecule has 3 N–H and O–H groups in total. The van der Waals surface area contributed by atoms with Gasteiger partial charge in [-0.25, -0.2) is 4.98 Å². The Balaban J connectivity index is 2.00. The van der Waals surface area contributed by atoms with Crippen molar-refractivity contribution in [2.75, 3.05) is 17.6 Å². The molecular weight excluding hydrogens is 248 g/mol. The molecule has 0 spiro atoms. The van der Waals surface area contributed by atoms with Gasteiger partial charge in [0.25, 0.3) is 0 Å². The number of rotatable bonds is 6.